The summed E-state index contributed by atoms with van der Waals surface area (Å²) in [4.78, 5) is 28.1. The molecule has 1 unspecified atom stereocenters. The van der Waals surface area contributed by atoms with Gasteiger partial charge in [0, 0.05) is 19.7 Å². The summed E-state index contributed by atoms with van der Waals surface area (Å²) in [5, 5.41) is 2.64. The predicted octanol–water partition coefficient (Wildman–Crippen LogP) is 2.26. The number of Topliss-reactive ketones (excluding diaryl/α,β-unsaturated/α-hetero) is 1. The molecule has 7 heteroatoms. The van der Waals surface area contributed by atoms with E-state index in [2.05, 4.69) is 10.3 Å². The lowest BCUT2D eigenvalue weighted by atomic mass is 10.1. The summed E-state index contributed by atoms with van der Waals surface area (Å²) in [5.74, 6) is -0.0781. The van der Waals surface area contributed by atoms with E-state index in [4.69, 9.17) is 9.47 Å². The van der Waals surface area contributed by atoms with Crippen LogP contribution in [0.3, 0.4) is 0 Å². The maximum atomic E-state index is 12.0. The molecule has 0 spiro atoms. The zero-order valence-electron chi connectivity index (χ0n) is 12.1. The minimum Gasteiger partial charge on any atom is -0.444 e. The van der Waals surface area contributed by atoms with Crippen LogP contribution in [0.5, 0.6) is 0 Å². The standard InChI is InChI=1S/C13H20N2O4S/c1-13(2,3)19-12(17)15-9(7-18-4)5-10(16)11-6-14-8-20-11/h6,8-9H,5,7H2,1-4H3,(H,15,17). The van der Waals surface area contributed by atoms with Gasteiger partial charge in [-0.2, -0.15) is 0 Å². The molecule has 1 rings (SSSR count). The van der Waals surface area contributed by atoms with E-state index in [-0.39, 0.29) is 18.8 Å². The van der Waals surface area contributed by atoms with Gasteiger partial charge in [-0.3, -0.25) is 9.78 Å². The maximum absolute atomic E-state index is 12.0. The van der Waals surface area contributed by atoms with Crippen LogP contribution < -0.4 is 5.32 Å². The number of ether oxygens (including phenoxy) is 2. The predicted molar refractivity (Wildman–Crippen MR) is 76.1 cm³/mol. The van der Waals surface area contributed by atoms with E-state index in [1.165, 1.54) is 24.6 Å². The highest BCUT2D eigenvalue weighted by atomic mass is 32.1. The molecule has 0 radical (unpaired) electrons. The number of carbonyl (C=O) groups is 2. The summed E-state index contributed by atoms with van der Waals surface area (Å²) in [6, 6.07) is -0.426. The van der Waals surface area contributed by atoms with E-state index in [0.717, 1.165) is 0 Å². The molecule has 1 aromatic rings. The van der Waals surface area contributed by atoms with Crippen molar-refractivity contribution in [1.29, 1.82) is 0 Å². The first-order chi connectivity index (χ1) is 9.31. The molecule has 1 aromatic heterocycles. The second-order valence-electron chi connectivity index (χ2n) is 5.29. The van der Waals surface area contributed by atoms with Crippen molar-refractivity contribution in [1.82, 2.24) is 10.3 Å². The van der Waals surface area contributed by atoms with Gasteiger partial charge in [0.1, 0.15) is 5.60 Å². The summed E-state index contributed by atoms with van der Waals surface area (Å²) >= 11 is 1.27. The van der Waals surface area contributed by atoms with Crippen molar-refractivity contribution in [3.8, 4) is 0 Å². The second kappa shape index (κ2) is 7.35. The van der Waals surface area contributed by atoms with Crippen LogP contribution >= 0.6 is 11.3 Å². The third kappa shape index (κ3) is 6.12. The number of carbonyl (C=O) groups excluding carboxylic acids is 2. The normalized spacial score (nSPS) is 12.8. The lowest BCUT2D eigenvalue weighted by molar-refractivity contribution is 0.0464. The molecule has 0 bridgehead atoms. The number of thiazole rings is 1. The summed E-state index contributed by atoms with van der Waals surface area (Å²) in [6.45, 7) is 5.57. The molecule has 112 valence electrons. The topological polar surface area (TPSA) is 77.5 Å². The quantitative estimate of drug-likeness (QED) is 0.815. The molecule has 0 fully saturated rings. The van der Waals surface area contributed by atoms with Crippen LogP contribution in [-0.4, -0.2) is 42.2 Å². The third-order valence-electron chi connectivity index (χ3n) is 2.23. The van der Waals surface area contributed by atoms with Gasteiger partial charge in [0.05, 0.1) is 23.0 Å². The number of amides is 1. The molecule has 0 aliphatic rings. The first-order valence-corrected chi connectivity index (χ1v) is 7.10. The van der Waals surface area contributed by atoms with Crippen molar-refractivity contribution in [2.75, 3.05) is 13.7 Å². The van der Waals surface area contributed by atoms with E-state index in [1.54, 1.807) is 26.3 Å². The molecule has 1 amide bonds. The number of hydrogen-bond donors (Lipinski definition) is 1. The molecular weight excluding hydrogens is 280 g/mol. The van der Waals surface area contributed by atoms with Gasteiger partial charge in [0.2, 0.25) is 0 Å². The van der Waals surface area contributed by atoms with Gasteiger partial charge in [-0.05, 0) is 20.8 Å². The van der Waals surface area contributed by atoms with Crippen LogP contribution in [0.25, 0.3) is 0 Å². The molecular formula is C13H20N2O4S. The maximum Gasteiger partial charge on any atom is 0.407 e. The summed E-state index contributed by atoms with van der Waals surface area (Å²) < 4.78 is 10.2. The lowest BCUT2D eigenvalue weighted by Gasteiger charge is -2.23. The first-order valence-electron chi connectivity index (χ1n) is 6.22. The van der Waals surface area contributed by atoms with Crippen LogP contribution in [0, 0.1) is 0 Å². The SMILES string of the molecule is COCC(CC(=O)c1cncs1)NC(=O)OC(C)(C)C. The van der Waals surface area contributed by atoms with Crippen LogP contribution in [0.2, 0.25) is 0 Å². The van der Waals surface area contributed by atoms with Crippen LogP contribution in [-0.2, 0) is 9.47 Å². The zero-order valence-corrected chi connectivity index (χ0v) is 13.0. The fourth-order valence-electron chi connectivity index (χ4n) is 1.50. The molecule has 0 aliphatic heterocycles. The molecule has 0 aliphatic carbocycles. The van der Waals surface area contributed by atoms with E-state index in [1.807, 2.05) is 0 Å². The Bertz CT molecular complexity index is 440. The average Bonchev–Trinajstić information content (AvgIpc) is 2.79. The molecule has 1 N–H and O–H groups in total. The number of aromatic nitrogens is 1. The summed E-state index contributed by atoms with van der Waals surface area (Å²) in [7, 11) is 1.51. The summed E-state index contributed by atoms with van der Waals surface area (Å²) in [5.41, 5.74) is 1.02. The Morgan fingerprint density at radius 2 is 2.15 bits per heavy atom. The van der Waals surface area contributed by atoms with Crippen LogP contribution in [0.15, 0.2) is 11.7 Å². The molecule has 6 nitrogen and oxygen atoms in total. The number of alkyl carbamates (subject to hydrolysis) is 1. The van der Waals surface area contributed by atoms with Gasteiger partial charge < -0.3 is 14.8 Å². The minimum atomic E-state index is -0.580. The van der Waals surface area contributed by atoms with E-state index in [0.29, 0.717) is 4.88 Å². The molecule has 0 saturated heterocycles. The zero-order chi connectivity index (χ0) is 15.2. The lowest BCUT2D eigenvalue weighted by Crippen LogP contribution is -2.42. The monoisotopic (exact) mass is 300 g/mol. The highest BCUT2D eigenvalue weighted by molar-refractivity contribution is 7.11. The Kier molecular flexibility index (Phi) is 6.09. The smallest absolute Gasteiger partial charge is 0.407 e. The number of nitrogens with one attached hydrogen (secondary N) is 1. The highest BCUT2D eigenvalue weighted by Gasteiger charge is 2.22. The largest absolute Gasteiger partial charge is 0.444 e. The van der Waals surface area contributed by atoms with Gasteiger partial charge in [-0.1, -0.05) is 0 Å². The number of rotatable bonds is 6. The van der Waals surface area contributed by atoms with Crippen molar-refractivity contribution >= 4 is 23.2 Å². The van der Waals surface area contributed by atoms with Gasteiger partial charge in [-0.15, -0.1) is 11.3 Å². The van der Waals surface area contributed by atoms with E-state index in [9.17, 15) is 9.59 Å². The second-order valence-corrected chi connectivity index (χ2v) is 6.18. The molecule has 20 heavy (non-hydrogen) atoms. The molecule has 1 heterocycles. The Hall–Kier alpha value is -1.47. The number of nitrogens with zero attached hydrogens (tertiary/aromatic N) is 1. The minimum absolute atomic E-state index is 0.0781. The van der Waals surface area contributed by atoms with Crippen LogP contribution in [0.4, 0.5) is 4.79 Å². The fourth-order valence-corrected chi connectivity index (χ4v) is 2.08. The Balaban J connectivity index is 2.56. The fraction of sp³-hybridized carbons (Fsp3) is 0.615. The van der Waals surface area contributed by atoms with E-state index < -0.39 is 17.7 Å². The molecule has 0 saturated carbocycles. The van der Waals surface area contributed by atoms with Crippen molar-refractivity contribution < 1.29 is 19.1 Å². The van der Waals surface area contributed by atoms with Gasteiger partial charge in [0.25, 0.3) is 0 Å². The Morgan fingerprint density at radius 1 is 1.45 bits per heavy atom. The first kappa shape index (κ1) is 16.6. The van der Waals surface area contributed by atoms with Crippen molar-refractivity contribution in [2.24, 2.45) is 0 Å². The molecule has 1 atom stereocenters. The van der Waals surface area contributed by atoms with Crippen LogP contribution in [0.1, 0.15) is 36.9 Å². The summed E-state index contributed by atoms with van der Waals surface area (Å²) in [6.07, 6.45) is 1.11. The average molecular weight is 300 g/mol. The van der Waals surface area contributed by atoms with E-state index >= 15 is 0 Å². The number of hydrogen-bond acceptors (Lipinski definition) is 6. The van der Waals surface area contributed by atoms with Crippen molar-refractivity contribution in [3.63, 3.8) is 0 Å². The van der Waals surface area contributed by atoms with Gasteiger partial charge in [0.15, 0.2) is 5.78 Å². The highest BCUT2D eigenvalue weighted by Crippen LogP contribution is 2.12. The third-order valence-corrected chi connectivity index (χ3v) is 3.04. The number of methoxy groups -OCH3 is 1. The van der Waals surface area contributed by atoms with Gasteiger partial charge in [-0.25, -0.2) is 4.79 Å². The molecule has 0 aromatic carbocycles. The van der Waals surface area contributed by atoms with Gasteiger partial charge >= 0.3 is 6.09 Å². The van der Waals surface area contributed by atoms with Crippen molar-refractivity contribution in [2.45, 2.75) is 38.8 Å². The number of ketones is 1. The Morgan fingerprint density at radius 3 is 2.65 bits per heavy atom. The van der Waals surface area contributed by atoms with Crippen molar-refractivity contribution in [3.05, 3.63) is 16.6 Å². The Labute approximate surface area is 122 Å².